The van der Waals surface area contributed by atoms with E-state index in [0.29, 0.717) is 0 Å². The molecule has 0 nitrogen and oxygen atoms in total. The van der Waals surface area contributed by atoms with Crippen LogP contribution < -0.4 is 0 Å². The molecule has 0 heterocycles. The van der Waals surface area contributed by atoms with Crippen LogP contribution in [0.5, 0.6) is 0 Å². The van der Waals surface area contributed by atoms with Crippen molar-refractivity contribution in [2.24, 2.45) is 0 Å². The van der Waals surface area contributed by atoms with Crippen molar-refractivity contribution >= 4 is 21.5 Å². The Morgan fingerprint density at radius 3 is 2.85 bits per heavy atom. The minimum atomic E-state index is 0.905. The minimum absolute atomic E-state index is 0.905. The number of rotatable bonds is 2. The van der Waals surface area contributed by atoms with Crippen LogP contribution in [-0.2, 0) is 5.33 Å². The van der Waals surface area contributed by atoms with E-state index >= 15 is 0 Å². The molecule has 0 saturated carbocycles. The quantitative estimate of drug-likeness (QED) is 0.684. The van der Waals surface area contributed by atoms with E-state index in [0.717, 1.165) is 11.8 Å². The summed E-state index contributed by atoms with van der Waals surface area (Å²) in [6.07, 6.45) is 8.56. The molecule has 0 unspecified atom stereocenters. The van der Waals surface area contributed by atoms with Gasteiger partial charge in [-0.25, -0.2) is 0 Å². The second-order valence-corrected chi connectivity index (χ2v) is 3.55. The maximum atomic E-state index is 3.49. The Morgan fingerprint density at radius 2 is 2.15 bits per heavy atom. The molecule has 0 N–H and O–H groups in total. The van der Waals surface area contributed by atoms with Crippen LogP contribution in [0.2, 0.25) is 0 Å². The van der Waals surface area contributed by atoms with Gasteiger partial charge >= 0.3 is 0 Å². The van der Waals surface area contributed by atoms with Gasteiger partial charge in [-0.05, 0) is 29.2 Å². The van der Waals surface area contributed by atoms with Crippen molar-refractivity contribution in [3.63, 3.8) is 0 Å². The van der Waals surface area contributed by atoms with E-state index in [4.69, 9.17) is 0 Å². The van der Waals surface area contributed by atoms with E-state index < -0.39 is 0 Å². The van der Waals surface area contributed by atoms with Gasteiger partial charge in [-0.1, -0.05) is 52.3 Å². The van der Waals surface area contributed by atoms with Gasteiger partial charge < -0.3 is 0 Å². The highest BCUT2D eigenvalue weighted by molar-refractivity contribution is 9.08. The predicted octanol–water partition coefficient (Wildman–Crippen LogP) is 3.73. The number of halogens is 1. The fraction of sp³-hybridized carbons (Fsp3) is 0.167. The zero-order valence-corrected chi connectivity index (χ0v) is 8.84. The van der Waals surface area contributed by atoms with Crippen LogP contribution in [0.15, 0.2) is 36.4 Å². The molecule has 0 amide bonds. The molecular weight excluding hydrogens is 224 g/mol. The van der Waals surface area contributed by atoms with Crippen molar-refractivity contribution in [1.29, 1.82) is 0 Å². The van der Waals surface area contributed by atoms with E-state index in [-0.39, 0.29) is 0 Å². The van der Waals surface area contributed by atoms with Crippen molar-refractivity contribution in [2.75, 3.05) is 0 Å². The Kier molecular flexibility index (Phi) is 2.65. The SMILES string of the molecule is BrCc1ccccc1C1=[C]CC=C1. The molecule has 13 heavy (non-hydrogen) atoms. The highest BCUT2D eigenvalue weighted by atomic mass is 79.9. The van der Waals surface area contributed by atoms with E-state index in [1.807, 2.05) is 0 Å². The van der Waals surface area contributed by atoms with Crippen molar-refractivity contribution < 1.29 is 0 Å². The Balaban J connectivity index is 2.44. The molecule has 1 heteroatoms. The maximum Gasteiger partial charge on any atom is 0.0289 e. The van der Waals surface area contributed by atoms with Crippen molar-refractivity contribution in [3.05, 3.63) is 53.6 Å². The van der Waals surface area contributed by atoms with Crippen LogP contribution in [0, 0.1) is 6.08 Å². The van der Waals surface area contributed by atoms with Crippen LogP contribution in [0.4, 0.5) is 0 Å². The topological polar surface area (TPSA) is 0 Å². The Labute approximate surface area is 87.1 Å². The number of allylic oxidation sites excluding steroid dienone is 4. The maximum absolute atomic E-state index is 3.49. The molecule has 0 aromatic heterocycles. The molecule has 1 radical (unpaired) electrons. The van der Waals surface area contributed by atoms with Gasteiger partial charge in [0.05, 0.1) is 0 Å². The molecule has 1 aliphatic rings. The normalized spacial score (nSPS) is 14.7. The first-order valence-electron chi connectivity index (χ1n) is 4.33. The smallest absolute Gasteiger partial charge is 0.0289 e. The molecule has 0 fully saturated rings. The first kappa shape index (κ1) is 8.76. The van der Waals surface area contributed by atoms with Gasteiger partial charge in [-0.3, -0.25) is 0 Å². The second kappa shape index (κ2) is 3.93. The first-order chi connectivity index (χ1) is 6.42. The summed E-state index contributed by atoms with van der Waals surface area (Å²) in [5.74, 6) is 0. The summed E-state index contributed by atoms with van der Waals surface area (Å²) in [5.41, 5.74) is 3.86. The van der Waals surface area contributed by atoms with Crippen LogP contribution in [-0.4, -0.2) is 0 Å². The fourth-order valence-electron chi connectivity index (χ4n) is 1.49. The highest BCUT2D eigenvalue weighted by Crippen LogP contribution is 2.25. The zero-order valence-electron chi connectivity index (χ0n) is 7.26. The van der Waals surface area contributed by atoms with E-state index in [2.05, 4.69) is 58.4 Å². The molecule has 2 rings (SSSR count). The lowest BCUT2D eigenvalue weighted by Gasteiger charge is -2.05. The first-order valence-corrected chi connectivity index (χ1v) is 5.45. The van der Waals surface area contributed by atoms with Gasteiger partial charge in [0.15, 0.2) is 0 Å². The lowest BCUT2D eigenvalue weighted by Crippen LogP contribution is -1.87. The van der Waals surface area contributed by atoms with E-state index in [1.165, 1.54) is 16.7 Å². The van der Waals surface area contributed by atoms with Crippen molar-refractivity contribution in [3.8, 4) is 0 Å². The standard InChI is InChI=1S/C12H10Br/c13-9-11-7-3-4-8-12(11)10-5-1-2-6-10/h1,3-5,7-8H,2,9H2. The molecule has 0 bridgehead atoms. The van der Waals surface area contributed by atoms with Crippen LogP contribution in [0.25, 0.3) is 5.57 Å². The van der Waals surface area contributed by atoms with Gasteiger partial charge in [-0.15, -0.1) is 0 Å². The van der Waals surface area contributed by atoms with Gasteiger partial charge in [0.2, 0.25) is 0 Å². The largest absolute Gasteiger partial charge is 0.0876 e. The fourth-order valence-corrected chi connectivity index (χ4v) is 1.98. The zero-order chi connectivity index (χ0) is 9.10. The molecule has 65 valence electrons. The highest BCUT2D eigenvalue weighted by Gasteiger charge is 2.05. The van der Waals surface area contributed by atoms with Gasteiger partial charge in [0.25, 0.3) is 0 Å². The van der Waals surface area contributed by atoms with Crippen LogP contribution in [0.3, 0.4) is 0 Å². The summed E-state index contributed by atoms with van der Waals surface area (Å²) in [4.78, 5) is 0. The average Bonchev–Trinajstić information content (AvgIpc) is 2.70. The number of hydrogen-bond donors (Lipinski definition) is 0. The molecule has 1 aromatic rings. The number of hydrogen-bond acceptors (Lipinski definition) is 0. The molecular formula is C12H10Br. The Bertz CT molecular complexity index is 361. The van der Waals surface area contributed by atoms with Crippen LogP contribution in [0.1, 0.15) is 17.5 Å². The Hall–Kier alpha value is -0.820. The molecule has 1 aromatic carbocycles. The van der Waals surface area contributed by atoms with E-state index in [9.17, 15) is 0 Å². The molecule has 0 atom stereocenters. The van der Waals surface area contributed by atoms with Crippen LogP contribution >= 0.6 is 15.9 Å². The van der Waals surface area contributed by atoms with Gasteiger partial charge in [-0.2, -0.15) is 0 Å². The number of alkyl halides is 1. The monoisotopic (exact) mass is 233 g/mol. The third-order valence-electron chi connectivity index (χ3n) is 2.15. The summed E-state index contributed by atoms with van der Waals surface area (Å²) < 4.78 is 0. The lowest BCUT2D eigenvalue weighted by atomic mass is 10.0. The third-order valence-corrected chi connectivity index (χ3v) is 2.75. The van der Waals surface area contributed by atoms with Crippen molar-refractivity contribution in [1.82, 2.24) is 0 Å². The summed E-state index contributed by atoms with van der Waals surface area (Å²) >= 11 is 3.49. The Morgan fingerprint density at radius 1 is 1.31 bits per heavy atom. The summed E-state index contributed by atoms with van der Waals surface area (Å²) in [5, 5.41) is 0.905. The van der Waals surface area contributed by atoms with Gasteiger partial charge in [0, 0.05) is 5.33 Å². The summed E-state index contributed by atoms with van der Waals surface area (Å²) in [7, 11) is 0. The lowest BCUT2D eigenvalue weighted by molar-refractivity contribution is 1.37. The molecule has 0 aliphatic heterocycles. The summed E-state index contributed by atoms with van der Waals surface area (Å²) in [6, 6.07) is 8.43. The molecule has 0 spiro atoms. The molecule has 1 aliphatic carbocycles. The van der Waals surface area contributed by atoms with Gasteiger partial charge in [0.1, 0.15) is 0 Å². The number of benzene rings is 1. The second-order valence-electron chi connectivity index (χ2n) is 2.99. The average molecular weight is 234 g/mol. The van der Waals surface area contributed by atoms with E-state index in [1.54, 1.807) is 0 Å². The summed E-state index contributed by atoms with van der Waals surface area (Å²) in [6.45, 7) is 0. The predicted molar refractivity (Wildman–Crippen MR) is 59.5 cm³/mol. The third kappa shape index (κ3) is 1.75. The minimum Gasteiger partial charge on any atom is -0.0876 e. The van der Waals surface area contributed by atoms with Crippen molar-refractivity contribution in [2.45, 2.75) is 11.8 Å². The molecule has 0 saturated heterocycles.